The Kier molecular flexibility index (Phi) is 5.02. The number of aromatic nitrogens is 4. The molecule has 1 aliphatic rings. The zero-order valence-corrected chi connectivity index (χ0v) is 18.0. The van der Waals surface area contributed by atoms with Crippen LogP contribution in [0.15, 0.2) is 33.9 Å². The van der Waals surface area contributed by atoms with Gasteiger partial charge in [-0.05, 0) is 36.5 Å². The van der Waals surface area contributed by atoms with Gasteiger partial charge >= 0.3 is 5.69 Å². The lowest BCUT2D eigenvalue weighted by Crippen LogP contribution is -2.40. The van der Waals surface area contributed by atoms with E-state index >= 15 is 0 Å². The SMILES string of the molecule is CC(C)CCn1c(=O)c2c(nc3n2C[C@@H](C)CN3c2cccc(Cl)c2)n(C)c1=O. The van der Waals surface area contributed by atoms with Gasteiger partial charge in [-0.2, -0.15) is 4.98 Å². The maximum Gasteiger partial charge on any atom is 0.332 e. The normalized spacial score (nSPS) is 16.6. The molecule has 0 unspecified atom stereocenters. The van der Waals surface area contributed by atoms with Crippen LogP contribution in [0.25, 0.3) is 11.2 Å². The van der Waals surface area contributed by atoms with Crippen molar-refractivity contribution in [3.8, 4) is 0 Å². The van der Waals surface area contributed by atoms with Gasteiger partial charge < -0.3 is 9.47 Å². The summed E-state index contributed by atoms with van der Waals surface area (Å²) in [7, 11) is 1.68. The van der Waals surface area contributed by atoms with Crippen molar-refractivity contribution in [2.45, 2.75) is 40.3 Å². The van der Waals surface area contributed by atoms with Crippen LogP contribution in [-0.2, 0) is 20.1 Å². The van der Waals surface area contributed by atoms with E-state index in [1.165, 1.54) is 9.13 Å². The molecule has 2 aromatic heterocycles. The quantitative estimate of drug-likeness (QED) is 0.655. The average Bonchev–Trinajstić information content (AvgIpc) is 3.05. The fourth-order valence-electron chi connectivity index (χ4n) is 3.95. The fourth-order valence-corrected chi connectivity index (χ4v) is 4.14. The molecule has 29 heavy (non-hydrogen) atoms. The third-order valence-electron chi connectivity index (χ3n) is 5.49. The van der Waals surface area contributed by atoms with Crippen LogP contribution in [0, 0.1) is 11.8 Å². The number of anilines is 2. The van der Waals surface area contributed by atoms with Crippen molar-refractivity contribution in [2.75, 3.05) is 11.4 Å². The van der Waals surface area contributed by atoms with Gasteiger partial charge in [-0.3, -0.25) is 13.9 Å². The molecule has 0 radical (unpaired) electrons. The van der Waals surface area contributed by atoms with Crippen LogP contribution in [0.5, 0.6) is 0 Å². The number of nitrogens with zero attached hydrogens (tertiary/aromatic N) is 5. The summed E-state index contributed by atoms with van der Waals surface area (Å²) in [6, 6.07) is 7.61. The lowest BCUT2D eigenvalue weighted by atomic mass is 10.1. The average molecular weight is 416 g/mol. The Bertz CT molecular complexity index is 1190. The Morgan fingerprint density at radius 3 is 2.69 bits per heavy atom. The first-order valence-corrected chi connectivity index (χ1v) is 10.4. The number of fused-ring (bicyclic) bond motifs is 3. The number of benzene rings is 1. The molecule has 154 valence electrons. The molecule has 1 atom stereocenters. The molecule has 0 amide bonds. The first kappa shape index (κ1) is 19.8. The molecule has 0 fully saturated rings. The van der Waals surface area contributed by atoms with Gasteiger partial charge in [0.25, 0.3) is 5.56 Å². The second-order valence-corrected chi connectivity index (χ2v) is 8.81. The van der Waals surface area contributed by atoms with Gasteiger partial charge in [0, 0.05) is 37.4 Å². The van der Waals surface area contributed by atoms with Crippen LogP contribution >= 0.6 is 11.6 Å². The zero-order chi connectivity index (χ0) is 20.9. The standard InChI is InChI=1S/C21H26ClN5O2/c1-13(2)8-9-25-19(28)17-18(24(4)21(25)29)23-20-26(11-14(3)12-27(17)20)16-7-5-6-15(22)10-16/h5-7,10,13-14H,8-9,11-12H2,1-4H3/t14-/m0/s1. The molecular weight excluding hydrogens is 390 g/mol. The topological polar surface area (TPSA) is 65.1 Å². The van der Waals surface area contributed by atoms with Gasteiger partial charge in [0.2, 0.25) is 5.95 Å². The van der Waals surface area contributed by atoms with E-state index in [9.17, 15) is 9.59 Å². The predicted molar refractivity (Wildman–Crippen MR) is 116 cm³/mol. The molecule has 7 nitrogen and oxygen atoms in total. The van der Waals surface area contributed by atoms with E-state index in [0.717, 1.165) is 18.7 Å². The van der Waals surface area contributed by atoms with Crippen molar-refractivity contribution in [1.82, 2.24) is 18.7 Å². The largest absolute Gasteiger partial charge is 0.332 e. The number of imidazole rings is 1. The van der Waals surface area contributed by atoms with Gasteiger partial charge in [-0.1, -0.05) is 38.4 Å². The zero-order valence-electron chi connectivity index (χ0n) is 17.2. The molecule has 0 aliphatic carbocycles. The van der Waals surface area contributed by atoms with Crippen molar-refractivity contribution in [3.63, 3.8) is 0 Å². The summed E-state index contributed by atoms with van der Waals surface area (Å²) in [5, 5.41) is 0.645. The van der Waals surface area contributed by atoms with E-state index in [2.05, 4.69) is 25.7 Å². The number of aryl methyl sites for hydroxylation is 1. The molecule has 0 bridgehead atoms. The first-order valence-electron chi connectivity index (χ1n) is 10.0. The van der Waals surface area contributed by atoms with E-state index < -0.39 is 0 Å². The Hall–Kier alpha value is -2.54. The van der Waals surface area contributed by atoms with Gasteiger partial charge in [-0.15, -0.1) is 0 Å². The monoisotopic (exact) mass is 415 g/mol. The highest BCUT2D eigenvalue weighted by molar-refractivity contribution is 6.30. The Morgan fingerprint density at radius 1 is 1.24 bits per heavy atom. The minimum Gasteiger partial charge on any atom is -0.312 e. The van der Waals surface area contributed by atoms with Crippen molar-refractivity contribution >= 4 is 34.4 Å². The summed E-state index contributed by atoms with van der Waals surface area (Å²) in [6.45, 7) is 8.16. The second kappa shape index (κ2) is 7.37. The van der Waals surface area contributed by atoms with Crippen molar-refractivity contribution in [1.29, 1.82) is 0 Å². The Morgan fingerprint density at radius 2 is 2.00 bits per heavy atom. The van der Waals surface area contributed by atoms with E-state index in [0.29, 0.717) is 47.1 Å². The number of hydrogen-bond acceptors (Lipinski definition) is 4. The highest BCUT2D eigenvalue weighted by atomic mass is 35.5. The van der Waals surface area contributed by atoms with Gasteiger partial charge in [-0.25, -0.2) is 4.79 Å². The summed E-state index contributed by atoms with van der Waals surface area (Å²) in [4.78, 5) is 32.9. The molecule has 0 saturated carbocycles. The summed E-state index contributed by atoms with van der Waals surface area (Å²) < 4.78 is 4.79. The first-order chi connectivity index (χ1) is 13.8. The molecule has 0 spiro atoms. The second-order valence-electron chi connectivity index (χ2n) is 8.37. The van der Waals surface area contributed by atoms with Crippen LogP contribution in [0.3, 0.4) is 0 Å². The van der Waals surface area contributed by atoms with Crippen molar-refractivity contribution < 1.29 is 0 Å². The van der Waals surface area contributed by atoms with Crippen LogP contribution in [0.2, 0.25) is 5.02 Å². The molecule has 1 aromatic carbocycles. The van der Waals surface area contributed by atoms with Crippen molar-refractivity contribution in [3.05, 3.63) is 50.1 Å². The summed E-state index contributed by atoms with van der Waals surface area (Å²) in [6.07, 6.45) is 0.771. The minimum absolute atomic E-state index is 0.261. The van der Waals surface area contributed by atoms with Gasteiger partial charge in [0.15, 0.2) is 11.2 Å². The number of halogens is 1. The van der Waals surface area contributed by atoms with Crippen molar-refractivity contribution in [2.24, 2.45) is 18.9 Å². The minimum atomic E-state index is -0.319. The van der Waals surface area contributed by atoms with E-state index in [-0.39, 0.29) is 11.2 Å². The molecule has 4 rings (SSSR count). The lowest BCUT2D eigenvalue weighted by molar-refractivity contribution is 0.455. The van der Waals surface area contributed by atoms with Crippen LogP contribution in [0.4, 0.5) is 11.6 Å². The molecule has 1 aliphatic heterocycles. The maximum atomic E-state index is 13.3. The third kappa shape index (κ3) is 3.37. The molecule has 3 heterocycles. The van der Waals surface area contributed by atoms with Crippen LogP contribution in [0.1, 0.15) is 27.2 Å². The Balaban J connectivity index is 1.95. The molecule has 3 aromatic rings. The van der Waals surface area contributed by atoms with E-state index in [1.54, 1.807) is 7.05 Å². The summed E-state index contributed by atoms with van der Waals surface area (Å²) >= 11 is 6.21. The maximum absolute atomic E-state index is 13.3. The predicted octanol–water partition coefficient (Wildman–Crippen LogP) is 3.38. The van der Waals surface area contributed by atoms with Gasteiger partial charge in [0.05, 0.1) is 0 Å². The molecular formula is C21H26ClN5O2. The highest BCUT2D eigenvalue weighted by Crippen LogP contribution is 2.33. The molecule has 0 saturated heterocycles. The number of rotatable bonds is 4. The Labute approximate surface area is 174 Å². The van der Waals surface area contributed by atoms with Crippen LogP contribution in [-0.4, -0.2) is 25.2 Å². The van der Waals surface area contributed by atoms with E-state index in [1.807, 2.05) is 28.8 Å². The van der Waals surface area contributed by atoms with E-state index in [4.69, 9.17) is 16.6 Å². The highest BCUT2D eigenvalue weighted by Gasteiger charge is 2.29. The molecule has 0 N–H and O–H groups in total. The van der Waals surface area contributed by atoms with Crippen LogP contribution < -0.4 is 16.1 Å². The smallest absolute Gasteiger partial charge is 0.312 e. The molecule has 8 heteroatoms. The lowest BCUT2D eigenvalue weighted by Gasteiger charge is -2.33. The number of hydrogen-bond donors (Lipinski definition) is 0. The third-order valence-corrected chi connectivity index (χ3v) is 5.73. The summed E-state index contributed by atoms with van der Waals surface area (Å²) in [5.74, 6) is 1.38. The summed E-state index contributed by atoms with van der Waals surface area (Å²) in [5.41, 5.74) is 1.26. The fraction of sp³-hybridized carbons (Fsp3) is 0.476. The van der Waals surface area contributed by atoms with Gasteiger partial charge in [0.1, 0.15) is 0 Å².